The number of carbonyl (C=O) groups excluding carboxylic acids is 1. The van der Waals surface area contributed by atoms with E-state index in [0.29, 0.717) is 23.4 Å². The molecular weight excluding hydrogens is 264 g/mol. The van der Waals surface area contributed by atoms with E-state index in [9.17, 15) is 4.79 Å². The van der Waals surface area contributed by atoms with Crippen molar-refractivity contribution in [2.24, 2.45) is 11.3 Å². The standard InChI is InChI=1S/C17H30N2O2/c1-21-8-7-17(5-2-6-17)12-18-16(20)11-13-9-14-3-4-15(10-13)19-14/h13-15,19H,2-12H2,1H3,(H,18,20). The number of hydrogen-bond acceptors (Lipinski definition) is 3. The molecule has 4 nitrogen and oxygen atoms in total. The zero-order valence-electron chi connectivity index (χ0n) is 13.3. The Balaban J connectivity index is 1.40. The topological polar surface area (TPSA) is 50.4 Å². The molecule has 3 aliphatic rings. The maximum Gasteiger partial charge on any atom is 0.220 e. The molecule has 0 aromatic heterocycles. The molecule has 2 unspecified atom stereocenters. The summed E-state index contributed by atoms with van der Waals surface area (Å²) in [5.41, 5.74) is 0.332. The first-order valence-corrected chi connectivity index (χ1v) is 8.71. The predicted molar refractivity (Wildman–Crippen MR) is 83.1 cm³/mol. The van der Waals surface area contributed by atoms with E-state index in [1.165, 1.54) is 44.9 Å². The van der Waals surface area contributed by atoms with Crippen LogP contribution < -0.4 is 10.6 Å². The number of hydrogen-bond donors (Lipinski definition) is 2. The average Bonchev–Trinajstić information content (AvgIpc) is 2.76. The summed E-state index contributed by atoms with van der Waals surface area (Å²) in [5.74, 6) is 0.866. The second-order valence-electron chi connectivity index (χ2n) is 7.55. The number of ether oxygens (including phenoxy) is 1. The molecule has 2 saturated heterocycles. The zero-order chi connectivity index (χ0) is 14.7. The van der Waals surface area contributed by atoms with Crippen molar-refractivity contribution in [3.63, 3.8) is 0 Å². The highest BCUT2D eigenvalue weighted by atomic mass is 16.5. The second-order valence-corrected chi connectivity index (χ2v) is 7.55. The Morgan fingerprint density at radius 2 is 2.00 bits per heavy atom. The Bertz CT molecular complexity index is 356. The smallest absolute Gasteiger partial charge is 0.220 e. The summed E-state index contributed by atoms with van der Waals surface area (Å²) < 4.78 is 5.21. The summed E-state index contributed by atoms with van der Waals surface area (Å²) in [7, 11) is 1.76. The lowest BCUT2D eigenvalue weighted by atomic mass is 9.66. The van der Waals surface area contributed by atoms with E-state index in [1.54, 1.807) is 7.11 Å². The van der Waals surface area contributed by atoms with Crippen molar-refractivity contribution in [2.45, 2.75) is 69.9 Å². The Morgan fingerprint density at radius 1 is 1.29 bits per heavy atom. The third kappa shape index (κ3) is 3.78. The third-order valence-corrected chi connectivity index (χ3v) is 5.96. The fraction of sp³-hybridized carbons (Fsp3) is 0.941. The molecule has 1 aliphatic carbocycles. The van der Waals surface area contributed by atoms with Gasteiger partial charge >= 0.3 is 0 Å². The largest absolute Gasteiger partial charge is 0.385 e. The molecule has 1 amide bonds. The molecule has 0 aromatic carbocycles. The fourth-order valence-corrected chi connectivity index (χ4v) is 4.47. The maximum absolute atomic E-state index is 12.2. The van der Waals surface area contributed by atoms with Crippen LogP contribution in [0.1, 0.15) is 57.8 Å². The van der Waals surface area contributed by atoms with Gasteiger partial charge in [-0.2, -0.15) is 0 Å². The van der Waals surface area contributed by atoms with Crippen molar-refractivity contribution in [3.8, 4) is 0 Å². The molecule has 4 heteroatoms. The molecule has 2 heterocycles. The van der Waals surface area contributed by atoms with Gasteiger partial charge in [0.1, 0.15) is 0 Å². The summed E-state index contributed by atoms with van der Waals surface area (Å²) in [4.78, 5) is 12.2. The Labute approximate surface area is 128 Å². The molecule has 120 valence electrons. The molecule has 2 N–H and O–H groups in total. The van der Waals surface area contributed by atoms with E-state index in [2.05, 4.69) is 10.6 Å². The predicted octanol–water partition coefficient (Wildman–Crippen LogP) is 2.23. The van der Waals surface area contributed by atoms with Gasteiger partial charge in [-0.25, -0.2) is 0 Å². The number of rotatable bonds is 7. The highest BCUT2D eigenvalue weighted by Crippen LogP contribution is 2.43. The molecule has 0 radical (unpaired) electrons. The fourth-order valence-electron chi connectivity index (χ4n) is 4.47. The Morgan fingerprint density at radius 3 is 2.57 bits per heavy atom. The molecule has 0 aromatic rings. The monoisotopic (exact) mass is 294 g/mol. The normalized spacial score (nSPS) is 33.5. The Hall–Kier alpha value is -0.610. The molecule has 0 spiro atoms. The second kappa shape index (κ2) is 6.66. The van der Waals surface area contributed by atoms with Gasteiger partial charge in [0.2, 0.25) is 5.91 Å². The first-order chi connectivity index (χ1) is 10.2. The Kier molecular flexibility index (Phi) is 4.85. The van der Waals surface area contributed by atoms with Crippen LogP contribution in [0.2, 0.25) is 0 Å². The van der Waals surface area contributed by atoms with Crippen LogP contribution in [0.3, 0.4) is 0 Å². The minimum absolute atomic E-state index is 0.269. The van der Waals surface area contributed by atoms with E-state index in [4.69, 9.17) is 4.74 Å². The first kappa shape index (κ1) is 15.3. The molecule has 3 fully saturated rings. The van der Waals surface area contributed by atoms with Gasteiger partial charge in [0.15, 0.2) is 0 Å². The molecule has 3 rings (SSSR count). The van der Waals surface area contributed by atoms with Gasteiger partial charge in [-0.15, -0.1) is 0 Å². The third-order valence-electron chi connectivity index (χ3n) is 5.96. The van der Waals surface area contributed by atoms with Gasteiger partial charge in [-0.05, 0) is 56.3 Å². The molecule has 1 saturated carbocycles. The van der Waals surface area contributed by atoms with Crippen molar-refractivity contribution < 1.29 is 9.53 Å². The van der Waals surface area contributed by atoms with Crippen LogP contribution in [0.15, 0.2) is 0 Å². The molecule has 2 bridgehead atoms. The van der Waals surface area contributed by atoms with Gasteiger partial charge in [0, 0.05) is 38.8 Å². The highest BCUT2D eigenvalue weighted by Gasteiger charge is 2.37. The average molecular weight is 294 g/mol. The minimum atomic E-state index is 0.269. The van der Waals surface area contributed by atoms with Crippen LogP contribution in [-0.2, 0) is 9.53 Å². The zero-order valence-corrected chi connectivity index (χ0v) is 13.3. The lowest BCUT2D eigenvalue weighted by Crippen LogP contribution is -2.44. The van der Waals surface area contributed by atoms with Crippen molar-refractivity contribution in [1.29, 1.82) is 0 Å². The quantitative estimate of drug-likeness (QED) is 0.757. The van der Waals surface area contributed by atoms with Crippen molar-refractivity contribution in [1.82, 2.24) is 10.6 Å². The van der Waals surface area contributed by atoms with Crippen molar-refractivity contribution in [3.05, 3.63) is 0 Å². The van der Waals surface area contributed by atoms with Gasteiger partial charge in [0.25, 0.3) is 0 Å². The number of nitrogens with one attached hydrogen (secondary N) is 2. The number of carbonyl (C=O) groups is 1. The van der Waals surface area contributed by atoms with Gasteiger partial charge in [0.05, 0.1) is 0 Å². The van der Waals surface area contributed by atoms with Crippen LogP contribution >= 0.6 is 0 Å². The van der Waals surface area contributed by atoms with Crippen LogP contribution in [0, 0.1) is 11.3 Å². The lowest BCUT2D eigenvalue weighted by Gasteiger charge is -2.42. The summed E-state index contributed by atoms with van der Waals surface area (Å²) in [5, 5.41) is 6.86. The highest BCUT2D eigenvalue weighted by molar-refractivity contribution is 5.76. The van der Waals surface area contributed by atoms with Gasteiger partial charge < -0.3 is 15.4 Å². The van der Waals surface area contributed by atoms with Gasteiger partial charge in [-0.3, -0.25) is 4.79 Å². The van der Waals surface area contributed by atoms with Crippen molar-refractivity contribution in [2.75, 3.05) is 20.3 Å². The van der Waals surface area contributed by atoms with E-state index in [0.717, 1.165) is 26.0 Å². The number of methoxy groups -OCH3 is 1. The van der Waals surface area contributed by atoms with E-state index in [-0.39, 0.29) is 5.91 Å². The van der Waals surface area contributed by atoms with Crippen LogP contribution in [0.5, 0.6) is 0 Å². The molecule has 2 atom stereocenters. The minimum Gasteiger partial charge on any atom is -0.385 e. The van der Waals surface area contributed by atoms with E-state index >= 15 is 0 Å². The maximum atomic E-state index is 12.2. The van der Waals surface area contributed by atoms with Crippen LogP contribution in [-0.4, -0.2) is 38.3 Å². The SMILES string of the molecule is COCCC1(CNC(=O)CC2CC3CCC(C2)N3)CCC1. The summed E-state index contributed by atoms with van der Waals surface area (Å²) >= 11 is 0. The van der Waals surface area contributed by atoms with Crippen LogP contribution in [0.4, 0.5) is 0 Å². The van der Waals surface area contributed by atoms with Crippen LogP contribution in [0.25, 0.3) is 0 Å². The number of piperidine rings is 1. The summed E-state index contributed by atoms with van der Waals surface area (Å²) in [6.07, 6.45) is 10.6. The summed E-state index contributed by atoms with van der Waals surface area (Å²) in [6.45, 7) is 1.67. The van der Waals surface area contributed by atoms with E-state index in [1.807, 2.05) is 0 Å². The molecular formula is C17H30N2O2. The lowest BCUT2D eigenvalue weighted by molar-refractivity contribution is -0.123. The molecule has 21 heavy (non-hydrogen) atoms. The summed E-state index contributed by atoms with van der Waals surface area (Å²) in [6, 6.07) is 1.36. The number of amides is 1. The van der Waals surface area contributed by atoms with Crippen molar-refractivity contribution >= 4 is 5.91 Å². The van der Waals surface area contributed by atoms with Gasteiger partial charge in [-0.1, -0.05) is 6.42 Å². The molecule has 2 aliphatic heterocycles. The first-order valence-electron chi connectivity index (χ1n) is 8.71. The number of fused-ring (bicyclic) bond motifs is 2. The van der Waals surface area contributed by atoms with E-state index < -0.39 is 0 Å².